The van der Waals surface area contributed by atoms with E-state index in [0.29, 0.717) is 17.9 Å². The van der Waals surface area contributed by atoms with Crippen molar-refractivity contribution in [2.45, 2.75) is 83.5 Å². The van der Waals surface area contributed by atoms with E-state index in [1.54, 1.807) is 6.92 Å². The largest absolute Gasteiger partial charge is 0.462 e. The molecular weight excluding hydrogens is 366 g/mol. The summed E-state index contributed by atoms with van der Waals surface area (Å²) in [4.78, 5) is 14.9. The lowest BCUT2D eigenvalue weighted by atomic mass is 9.37. The van der Waals surface area contributed by atoms with E-state index < -0.39 is 6.10 Å². The maximum Gasteiger partial charge on any atom is 0.302 e. The molecule has 2 spiro atoms. The number of carbonyl (C=O) groups excluding carboxylic acids is 1. The Hall–Kier alpha value is -0.910. The first kappa shape index (κ1) is 17.7. The van der Waals surface area contributed by atoms with Crippen LogP contribution in [0.4, 0.5) is 0 Å². The average molecular weight is 400 g/mol. The van der Waals surface area contributed by atoms with E-state index in [-0.39, 0.29) is 52.5 Å². The first-order chi connectivity index (χ1) is 13.8. The SMILES string of the molecule is C=C1[C@@H]2CC[C@@]3([C@@H]([C@H]2OC(C)=O)[C@]24[C@@H]5CC[C@]6(C)[C@H]2C[C@H]3[C@H]4N(CC)[C@@H]6O5)[C@H]1O. The van der Waals surface area contributed by atoms with Crippen molar-refractivity contribution in [3.8, 4) is 0 Å². The topological polar surface area (TPSA) is 59.0 Å². The van der Waals surface area contributed by atoms with Gasteiger partial charge in [-0.1, -0.05) is 20.4 Å². The van der Waals surface area contributed by atoms with Crippen LogP contribution in [0, 0.1) is 39.9 Å². The Kier molecular flexibility index (Phi) is 3.02. The number of piperidine rings is 1. The van der Waals surface area contributed by atoms with Gasteiger partial charge in [0.25, 0.3) is 0 Å². The van der Waals surface area contributed by atoms with Gasteiger partial charge in [0.1, 0.15) is 12.3 Å². The van der Waals surface area contributed by atoms with Gasteiger partial charge in [0.05, 0.1) is 12.2 Å². The minimum Gasteiger partial charge on any atom is -0.462 e. The molecule has 0 radical (unpaired) electrons. The molecule has 4 saturated heterocycles. The Bertz CT molecular complexity index is 843. The molecule has 0 aromatic rings. The highest BCUT2D eigenvalue weighted by atomic mass is 16.5. The van der Waals surface area contributed by atoms with Crippen molar-refractivity contribution >= 4 is 5.97 Å². The van der Waals surface area contributed by atoms with Crippen molar-refractivity contribution in [1.82, 2.24) is 4.90 Å². The van der Waals surface area contributed by atoms with Crippen LogP contribution >= 0.6 is 0 Å². The van der Waals surface area contributed by atoms with E-state index in [2.05, 4.69) is 25.3 Å². The minimum atomic E-state index is -0.465. The van der Waals surface area contributed by atoms with Gasteiger partial charge in [-0.2, -0.15) is 0 Å². The fourth-order valence-electron chi connectivity index (χ4n) is 10.9. The quantitative estimate of drug-likeness (QED) is 0.572. The van der Waals surface area contributed by atoms with Crippen LogP contribution in [0.25, 0.3) is 0 Å². The van der Waals surface area contributed by atoms with Gasteiger partial charge in [-0.15, -0.1) is 0 Å². The van der Waals surface area contributed by atoms with Crippen LogP contribution in [0.3, 0.4) is 0 Å². The molecule has 10 aliphatic rings. The Labute approximate surface area is 172 Å². The highest BCUT2D eigenvalue weighted by molar-refractivity contribution is 5.66. The lowest BCUT2D eigenvalue weighted by Gasteiger charge is -2.75. The lowest BCUT2D eigenvalue weighted by Crippen LogP contribution is -2.80. The van der Waals surface area contributed by atoms with E-state index in [1.807, 2.05) is 0 Å². The number of aliphatic hydroxyl groups is 1. The van der Waals surface area contributed by atoms with Crippen molar-refractivity contribution in [2.24, 2.45) is 39.9 Å². The van der Waals surface area contributed by atoms with Gasteiger partial charge in [0.15, 0.2) is 0 Å². The van der Waals surface area contributed by atoms with Gasteiger partial charge in [0, 0.05) is 41.0 Å². The number of ether oxygens (including phenoxy) is 2. The predicted octanol–water partition coefficient (Wildman–Crippen LogP) is 2.73. The molecule has 9 bridgehead atoms. The van der Waals surface area contributed by atoms with E-state index >= 15 is 0 Å². The van der Waals surface area contributed by atoms with Crippen molar-refractivity contribution in [2.75, 3.05) is 6.54 Å². The molecule has 29 heavy (non-hydrogen) atoms. The summed E-state index contributed by atoms with van der Waals surface area (Å²) in [6, 6.07) is 0.456. The molecule has 4 aliphatic heterocycles. The number of nitrogens with zero attached hydrogens (tertiary/aromatic N) is 1. The maximum atomic E-state index is 12.2. The summed E-state index contributed by atoms with van der Waals surface area (Å²) in [5.41, 5.74) is 0.923. The van der Waals surface area contributed by atoms with Crippen LogP contribution in [-0.2, 0) is 14.3 Å². The number of rotatable bonds is 2. The summed E-state index contributed by atoms with van der Waals surface area (Å²) in [5.74, 6) is 1.18. The fraction of sp³-hybridized carbons (Fsp3) is 0.875. The molecule has 0 aromatic carbocycles. The number of hydrogen-bond donors (Lipinski definition) is 1. The molecule has 12 atom stereocenters. The van der Waals surface area contributed by atoms with Gasteiger partial charge in [-0.3, -0.25) is 9.69 Å². The van der Waals surface area contributed by atoms with E-state index in [1.165, 1.54) is 12.8 Å². The van der Waals surface area contributed by atoms with Crippen molar-refractivity contribution < 1.29 is 19.4 Å². The number of esters is 1. The summed E-state index contributed by atoms with van der Waals surface area (Å²) >= 11 is 0. The predicted molar refractivity (Wildman–Crippen MR) is 106 cm³/mol. The maximum absolute atomic E-state index is 12.2. The number of carbonyl (C=O) groups is 1. The monoisotopic (exact) mass is 399 g/mol. The number of fused-ring (bicyclic) bond motifs is 3. The first-order valence-electron chi connectivity index (χ1n) is 11.8. The Morgan fingerprint density at radius 2 is 2.17 bits per heavy atom. The second-order valence-electron chi connectivity index (χ2n) is 11.5. The molecular formula is C24H33NO4. The van der Waals surface area contributed by atoms with Gasteiger partial charge >= 0.3 is 5.97 Å². The third-order valence-electron chi connectivity index (χ3n) is 11.2. The summed E-state index contributed by atoms with van der Waals surface area (Å²) < 4.78 is 13.0. The summed E-state index contributed by atoms with van der Waals surface area (Å²) in [6.45, 7) is 11.6. The zero-order valence-corrected chi connectivity index (χ0v) is 17.8. The molecule has 6 saturated carbocycles. The summed E-state index contributed by atoms with van der Waals surface area (Å²) in [6.07, 6.45) is 5.45. The molecule has 158 valence electrons. The van der Waals surface area contributed by atoms with Gasteiger partial charge in [-0.05, 0) is 56.1 Å². The summed E-state index contributed by atoms with van der Waals surface area (Å²) in [7, 11) is 0. The number of hydrogen-bond acceptors (Lipinski definition) is 5. The Balaban J connectivity index is 1.50. The van der Waals surface area contributed by atoms with Crippen LogP contribution in [0.2, 0.25) is 0 Å². The van der Waals surface area contributed by atoms with Crippen LogP contribution in [-0.4, -0.2) is 53.1 Å². The molecule has 0 aromatic heterocycles. The van der Waals surface area contributed by atoms with Crippen LogP contribution in [0.15, 0.2) is 12.2 Å². The second kappa shape index (κ2) is 4.94. The van der Waals surface area contributed by atoms with Gasteiger partial charge in [0.2, 0.25) is 0 Å². The molecule has 4 heterocycles. The molecule has 0 amide bonds. The van der Waals surface area contributed by atoms with Gasteiger partial charge < -0.3 is 14.6 Å². The van der Waals surface area contributed by atoms with Crippen LogP contribution < -0.4 is 0 Å². The third-order valence-corrected chi connectivity index (χ3v) is 11.2. The highest BCUT2D eigenvalue weighted by Gasteiger charge is 2.90. The van der Waals surface area contributed by atoms with E-state index in [4.69, 9.17) is 9.47 Å². The van der Waals surface area contributed by atoms with Crippen molar-refractivity contribution in [3.63, 3.8) is 0 Å². The zero-order chi connectivity index (χ0) is 20.1. The fourth-order valence-corrected chi connectivity index (χ4v) is 10.9. The average Bonchev–Trinajstić information content (AvgIpc) is 3.15. The highest BCUT2D eigenvalue weighted by Crippen LogP contribution is 2.86. The zero-order valence-electron chi connectivity index (χ0n) is 17.8. The minimum absolute atomic E-state index is 0.0168. The van der Waals surface area contributed by atoms with Gasteiger partial charge in [-0.25, -0.2) is 0 Å². The first-order valence-corrected chi connectivity index (χ1v) is 11.8. The number of aliphatic hydroxyl groups excluding tert-OH is 1. The molecule has 10 rings (SSSR count). The molecule has 1 N–H and O–H groups in total. The smallest absolute Gasteiger partial charge is 0.302 e. The molecule has 0 unspecified atom stereocenters. The van der Waals surface area contributed by atoms with Crippen molar-refractivity contribution in [3.05, 3.63) is 12.2 Å². The normalized spacial score (nSPS) is 63.3. The molecule has 6 aliphatic carbocycles. The van der Waals surface area contributed by atoms with E-state index in [0.717, 1.165) is 31.4 Å². The molecule has 10 fully saturated rings. The third kappa shape index (κ3) is 1.49. The van der Waals surface area contributed by atoms with Crippen molar-refractivity contribution in [1.29, 1.82) is 0 Å². The Morgan fingerprint density at radius 3 is 2.90 bits per heavy atom. The van der Waals surface area contributed by atoms with E-state index in [9.17, 15) is 9.90 Å². The lowest BCUT2D eigenvalue weighted by molar-refractivity contribution is -0.380. The Morgan fingerprint density at radius 1 is 1.38 bits per heavy atom. The van der Waals surface area contributed by atoms with Crippen LogP contribution in [0.1, 0.15) is 52.9 Å². The molecule has 5 heteroatoms. The van der Waals surface area contributed by atoms with Crippen LogP contribution in [0.5, 0.6) is 0 Å². The molecule has 5 nitrogen and oxygen atoms in total. The summed E-state index contributed by atoms with van der Waals surface area (Å²) in [5, 5.41) is 11.6. The second-order valence-corrected chi connectivity index (χ2v) is 11.5. The standard InChI is InChI=1S/C24H33NO4/c1-5-25-19-14-10-15-22(4)8-7-16(29-21(22)25)24(15,19)18-17(28-12(3)26)13-6-9-23(14,18)20(27)11(13)2/h13-21,27H,2,5-10H2,1,3-4H3/t13-,14-,15+,16-,17-,18+,19+,20-,21+,22+,23+,24+/m0/s1.